The summed E-state index contributed by atoms with van der Waals surface area (Å²) in [5, 5.41) is 3.42. The molecule has 3 aliphatic carbocycles. The standard InChI is InChI=1S/C34H25Cl3N2O3/c1-19-25(35)16-9-17-26(19)38-30(40)27(18-20-10-3-2-4-11-20)39-31(41)28-29(32(39)42)34(37)22-13-6-5-12-21(22)33(28,36)23-14-7-8-15-24(23)34/h2-17,27-29H,18H2,1H3,(H,38,40)/t27-,28-,29+,33?,34?/m1/s1. The van der Waals surface area contributed by atoms with Crippen LogP contribution in [-0.2, 0) is 30.6 Å². The number of halogens is 3. The lowest BCUT2D eigenvalue weighted by molar-refractivity contribution is -0.146. The smallest absolute Gasteiger partial charge is 0.248 e. The van der Waals surface area contributed by atoms with Gasteiger partial charge in [0.15, 0.2) is 0 Å². The molecule has 1 heterocycles. The van der Waals surface area contributed by atoms with Gasteiger partial charge in [-0.05, 0) is 52.4 Å². The van der Waals surface area contributed by atoms with Crippen molar-refractivity contribution in [1.29, 1.82) is 0 Å². The molecule has 0 saturated carbocycles. The normalized spacial score (nSPS) is 26.0. The first kappa shape index (κ1) is 27.2. The van der Waals surface area contributed by atoms with Gasteiger partial charge in [-0.2, -0.15) is 0 Å². The lowest BCUT2D eigenvalue weighted by Gasteiger charge is -2.54. The Morgan fingerprint density at radius 1 is 0.762 bits per heavy atom. The van der Waals surface area contributed by atoms with E-state index in [0.717, 1.165) is 10.5 Å². The molecule has 1 fully saturated rings. The third kappa shape index (κ3) is 3.60. The van der Waals surface area contributed by atoms with Crippen molar-refractivity contribution in [1.82, 2.24) is 4.90 Å². The number of hydrogen-bond acceptors (Lipinski definition) is 3. The Kier molecular flexibility index (Phi) is 6.28. The number of nitrogens with zero attached hydrogens (tertiary/aromatic N) is 1. The predicted octanol–water partition coefficient (Wildman–Crippen LogP) is 6.79. The largest absolute Gasteiger partial charge is 0.324 e. The van der Waals surface area contributed by atoms with E-state index in [-0.39, 0.29) is 6.42 Å². The van der Waals surface area contributed by atoms with Crippen molar-refractivity contribution >= 4 is 58.2 Å². The van der Waals surface area contributed by atoms with Gasteiger partial charge < -0.3 is 5.32 Å². The Hall–Kier alpha value is -3.64. The first-order valence-corrected chi connectivity index (χ1v) is 14.9. The molecule has 0 spiro atoms. The minimum Gasteiger partial charge on any atom is -0.324 e. The average Bonchev–Trinajstić information content (AvgIpc) is 3.28. The van der Waals surface area contributed by atoms with Crippen LogP contribution in [0.5, 0.6) is 0 Å². The molecule has 3 atom stereocenters. The summed E-state index contributed by atoms with van der Waals surface area (Å²) in [5.41, 5.74) is 4.83. The zero-order valence-electron chi connectivity index (χ0n) is 22.5. The summed E-state index contributed by atoms with van der Waals surface area (Å²) in [5.74, 6) is -3.50. The quantitative estimate of drug-likeness (QED) is 0.199. The Balaban J connectivity index is 1.37. The lowest BCUT2D eigenvalue weighted by atomic mass is 9.54. The minimum atomic E-state index is -1.33. The fourth-order valence-corrected chi connectivity index (χ4v) is 8.37. The van der Waals surface area contributed by atoms with E-state index in [4.69, 9.17) is 34.8 Å². The number of carbonyl (C=O) groups excluding carboxylic acids is 3. The second-order valence-corrected chi connectivity index (χ2v) is 12.7. The SMILES string of the molecule is Cc1c(Cl)cccc1NC(=O)[C@@H](Cc1ccccc1)N1C(=O)[C@@H]2[C@H](C1=O)C1(Cl)c3ccccc3C2(Cl)c2ccccc21. The Bertz CT molecular complexity index is 1670. The molecule has 0 unspecified atom stereocenters. The molecule has 4 aliphatic rings. The summed E-state index contributed by atoms with van der Waals surface area (Å²) in [7, 11) is 0. The zero-order valence-corrected chi connectivity index (χ0v) is 24.8. The van der Waals surface area contributed by atoms with Gasteiger partial charge in [0.25, 0.3) is 0 Å². The average molecular weight is 616 g/mol. The summed E-state index contributed by atoms with van der Waals surface area (Å²) in [6.07, 6.45) is 0.119. The van der Waals surface area contributed by atoms with Crippen molar-refractivity contribution in [2.24, 2.45) is 11.8 Å². The highest BCUT2D eigenvalue weighted by molar-refractivity contribution is 6.36. The number of amides is 3. The summed E-state index contributed by atoms with van der Waals surface area (Å²) in [4.78, 5) is 41.7. The van der Waals surface area contributed by atoms with Crippen LogP contribution in [0.25, 0.3) is 0 Å². The summed E-state index contributed by atoms with van der Waals surface area (Å²) >= 11 is 21.5. The molecule has 1 saturated heterocycles. The molecule has 4 aromatic rings. The number of imide groups is 1. The minimum absolute atomic E-state index is 0.119. The summed E-state index contributed by atoms with van der Waals surface area (Å²) in [6, 6.07) is 28.3. The van der Waals surface area contributed by atoms with Gasteiger partial charge in [0.05, 0.1) is 11.8 Å². The van der Waals surface area contributed by atoms with E-state index >= 15 is 0 Å². The van der Waals surface area contributed by atoms with Gasteiger partial charge in [0, 0.05) is 17.1 Å². The van der Waals surface area contributed by atoms with Crippen LogP contribution in [0.4, 0.5) is 5.69 Å². The van der Waals surface area contributed by atoms with Crippen LogP contribution < -0.4 is 5.32 Å². The lowest BCUT2D eigenvalue weighted by Crippen LogP contribution is -2.57. The van der Waals surface area contributed by atoms with Crippen LogP contribution in [0.15, 0.2) is 97.1 Å². The molecule has 42 heavy (non-hydrogen) atoms. The molecule has 8 rings (SSSR count). The highest BCUT2D eigenvalue weighted by Crippen LogP contribution is 2.69. The van der Waals surface area contributed by atoms with Crippen LogP contribution in [0.1, 0.15) is 33.4 Å². The highest BCUT2D eigenvalue weighted by atomic mass is 35.5. The van der Waals surface area contributed by atoms with Crippen LogP contribution >= 0.6 is 34.8 Å². The fourth-order valence-electron chi connectivity index (χ4n) is 7.09. The third-order valence-electron chi connectivity index (χ3n) is 9.03. The molecule has 1 aliphatic heterocycles. The molecule has 5 nitrogen and oxygen atoms in total. The Morgan fingerprint density at radius 2 is 1.24 bits per heavy atom. The topological polar surface area (TPSA) is 66.5 Å². The zero-order chi connectivity index (χ0) is 29.4. The maximum atomic E-state index is 14.6. The van der Waals surface area contributed by atoms with Crippen LogP contribution in [0, 0.1) is 18.8 Å². The molecule has 2 bridgehead atoms. The van der Waals surface area contributed by atoms with Crippen molar-refractivity contribution in [2.75, 3.05) is 5.32 Å². The first-order valence-electron chi connectivity index (χ1n) is 13.7. The molecule has 0 aromatic heterocycles. The van der Waals surface area contributed by atoms with Crippen LogP contribution in [0.2, 0.25) is 5.02 Å². The van der Waals surface area contributed by atoms with E-state index in [1.165, 1.54) is 0 Å². The second kappa shape index (κ2) is 9.70. The van der Waals surface area contributed by atoms with E-state index in [9.17, 15) is 14.4 Å². The Labute approximate surface area is 258 Å². The number of hydrogen-bond donors (Lipinski definition) is 1. The number of likely N-dealkylation sites (tertiary alicyclic amines) is 1. The molecule has 1 N–H and O–H groups in total. The van der Waals surface area contributed by atoms with Gasteiger partial charge in [0.2, 0.25) is 17.7 Å². The molecule has 0 radical (unpaired) electrons. The highest BCUT2D eigenvalue weighted by Gasteiger charge is 2.73. The van der Waals surface area contributed by atoms with E-state index in [0.29, 0.717) is 38.5 Å². The van der Waals surface area contributed by atoms with Crippen molar-refractivity contribution in [2.45, 2.75) is 29.1 Å². The van der Waals surface area contributed by atoms with E-state index < -0.39 is 45.3 Å². The number of carbonyl (C=O) groups is 3. The molecule has 4 aromatic carbocycles. The summed E-state index contributed by atoms with van der Waals surface area (Å²) in [6.45, 7) is 1.80. The first-order chi connectivity index (χ1) is 20.2. The van der Waals surface area contributed by atoms with E-state index in [2.05, 4.69) is 5.32 Å². The van der Waals surface area contributed by atoms with E-state index in [1.807, 2.05) is 78.9 Å². The molecule has 8 heteroatoms. The van der Waals surface area contributed by atoms with Gasteiger partial charge in [-0.15, -0.1) is 23.2 Å². The monoisotopic (exact) mass is 614 g/mol. The Morgan fingerprint density at radius 3 is 1.74 bits per heavy atom. The van der Waals surface area contributed by atoms with Crippen molar-refractivity contribution in [3.8, 4) is 0 Å². The van der Waals surface area contributed by atoms with E-state index in [1.54, 1.807) is 25.1 Å². The van der Waals surface area contributed by atoms with Gasteiger partial charge in [-0.3, -0.25) is 19.3 Å². The van der Waals surface area contributed by atoms with Crippen molar-refractivity contribution in [3.05, 3.63) is 135 Å². The number of anilines is 1. The second-order valence-electron chi connectivity index (χ2n) is 11.1. The van der Waals surface area contributed by atoms with Gasteiger partial charge in [-0.25, -0.2) is 0 Å². The molecule has 210 valence electrons. The molecular formula is C34H25Cl3N2O3. The van der Waals surface area contributed by atoms with Crippen LogP contribution in [0.3, 0.4) is 0 Å². The van der Waals surface area contributed by atoms with Crippen LogP contribution in [-0.4, -0.2) is 28.7 Å². The predicted molar refractivity (Wildman–Crippen MR) is 164 cm³/mol. The van der Waals surface area contributed by atoms with Crippen molar-refractivity contribution in [3.63, 3.8) is 0 Å². The van der Waals surface area contributed by atoms with Gasteiger partial charge in [-0.1, -0.05) is 96.5 Å². The molecular weight excluding hydrogens is 591 g/mol. The van der Waals surface area contributed by atoms with Gasteiger partial charge >= 0.3 is 0 Å². The number of alkyl halides is 2. The third-order valence-corrected chi connectivity index (χ3v) is 10.7. The molecule has 3 amide bonds. The number of benzene rings is 4. The maximum absolute atomic E-state index is 14.6. The fraction of sp³-hybridized carbons (Fsp3) is 0.206. The van der Waals surface area contributed by atoms with Gasteiger partial charge in [0.1, 0.15) is 15.8 Å². The number of rotatable bonds is 5. The number of nitrogens with one attached hydrogen (secondary N) is 1. The van der Waals surface area contributed by atoms with Crippen molar-refractivity contribution < 1.29 is 14.4 Å². The maximum Gasteiger partial charge on any atom is 0.248 e. The summed E-state index contributed by atoms with van der Waals surface area (Å²) < 4.78 is 0.